The van der Waals surface area contributed by atoms with Gasteiger partial charge in [-0.1, -0.05) is 41.5 Å². The van der Waals surface area contributed by atoms with Crippen LogP contribution in [0.3, 0.4) is 0 Å². The third-order valence-electron chi connectivity index (χ3n) is 7.55. The van der Waals surface area contributed by atoms with E-state index in [0.29, 0.717) is 6.61 Å². The first-order valence-corrected chi connectivity index (χ1v) is 21.7. The molecule has 0 spiro atoms. The van der Waals surface area contributed by atoms with E-state index in [1.165, 1.54) is 16.8 Å². The van der Waals surface area contributed by atoms with Crippen LogP contribution in [0.5, 0.6) is 0 Å². The fraction of sp³-hybridized carbons (Fsp3) is 0.833. The van der Waals surface area contributed by atoms with Crippen LogP contribution in [0.4, 0.5) is 0 Å². The third-order valence-corrected chi connectivity index (χ3v) is 17.5. The molecule has 2 rings (SSSR count). The SMILES string of the molecule is CC(C)(C)[Si](C)(C)OC[C@@H]1O[C@H](n2ccc(=O)[nH]c2=O)C(O[Si](C)(C)C(C)(C)C)C1O[Si](C)(C)C. The molecule has 2 heterocycles. The summed E-state index contributed by atoms with van der Waals surface area (Å²) < 4.78 is 28.1. The van der Waals surface area contributed by atoms with Gasteiger partial charge in [0.25, 0.3) is 5.56 Å². The molecule has 8 nitrogen and oxygen atoms in total. The minimum absolute atomic E-state index is 0.0486. The number of rotatable bonds is 8. The fourth-order valence-electron chi connectivity index (χ4n) is 3.39. The molecule has 1 fully saturated rings. The first kappa shape index (κ1) is 30.4. The molecule has 0 amide bonds. The van der Waals surface area contributed by atoms with Crippen molar-refractivity contribution in [2.75, 3.05) is 6.61 Å². The topological polar surface area (TPSA) is 91.8 Å². The van der Waals surface area contributed by atoms with E-state index in [2.05, 4.69) is 92.4 Å². The summed E-state index contributed by atoms with van der Waals surface area (Å²) in [6, 6.07) is 1.34. The van der Waals surface area contributed by atoms with Gasteiger partial charge in [-0.25, -0.2) is 4.79 Å². The molecule has 1 aromatic rings. The van der Waals surface area contributed by atoms with Crippen LogP contribution in [-0.4, -0.2) is 59.4 Å². The Balaban J connectivity index is 2.56. The minimum Gasteiger partial charge on any atom is -0.414 e. The second kappa shape index (κ2) is 10.1. The highest BCUT2D eigenvalue weighted by molar-refractivity contribution is 6.74. The lowest BCUT2D eigenvalue weighted by Gasteiger charge is -2.42. The lowest BCUT2D eigenvalue weighted by atomic mass is 10.1. The number of nitrogens with one attached hydrogen (secondary N) is 1. The van der Waals surface area contributed by atoms with Gasteiger partial charge in [0.1, 0.15) is 18.3 Å². The van der Waals surface area contributed by atoms with E-state index in [0.717, 1.165) is 0 Å². The highest BCUT2D eigenvalue weighted by atomic mass is 28.4. The van der Waals surface area contributed by atoms with Crippen molar-refractivity contribution in [2.24, 2.45) is 0 Å². The number of H-pyrrole nitrogens is 1. The van der Waals surface area contributed by atoms with Crippen LogP contribution in [0.2, 0.25) is 55.9 Å². The first-order chi connectivity index (χ1) is 15.6. The first-order valence-electron chi connectivity index (χ1n) is 12.5. The Labute approximate surface area is 214 Å². The summed E-state index contributed by atoms with van der Waals surface area (Å²) in [4.78, 5) is 26.9. The molecule has 0 bridgehead atoms. The van der Waals surface area contributed by atoms with Crippen LogP contribution in [-0.2, 0) is 18.0 Å². The smallest absolute Gasteiger partial charge is 0.330 e. The predicted molar refractivity (Wildman–Crippen MR) is 149 cm³/mol. The van der Waals surface area contributed by atoms with E-state index < -0.39 is 60.7 Å². The maximum absolute atomic E-state index is 12.8. The summed E-state index contributed by atoms with van der Waals surface area (Å²) in [6.45, 7) is 28.7. The molecule has 1 aromatic heterocycles. The molecule has 0 radical (unpaired) electrons. The van der Waals surface area contributed by atoms with Crippen LogP contribution in [0.1, 0.15) is 47.8 Å². The molecule has 0 aliphatic carbocycles. The molecular formula is C24H48N2O6Si3. The Morgan fingerprint density at radius 3 is 1.89 bits per heavy atom. The standard InChI is InChI=1S/C24H48N2O6Si3/c1-23(2,3)34(10,11)29-16-17-19(31-33(7,8)9)20(32-35(12,13)24(4,5)6)21(30-17)26-15-14-18(27)25-22(26)28/h14-15,17,19-21H,16H2,1-13H3,(H,25,27,28)/t17-,19?,20?,21-/m0/s1. The Morgan fingerprint density at radius 1 is 0.886 bits per heavy atom. The van der Waals surface area contributed by atoms with Gasteiger partial charge in [0.15, 0.2) is 31.2 Å². The molecule has 1 aliphatic rings. The van der Waals surface area contributed by atoms with Crippen LogP contribution >= 0.6 is 0 Å². The van der Waals surface area contributed by atoms with E-state index in [-0.39, 0.29) is 10.1 Å². The van der Waals surface area contributed by atoms with Crippen molar-refractivity contribution < 1.29 is 18.0 Å². The quantitative estimate of drug-likeness (QED) is 0.460. The zero-order valence-electron chi connectivity index (χ0n) is 24.1. The summed E-state index contributed by atoms with van der Waals surface area (Å²) >= 11 is 0. The summed E-state index contributed by atoms with van der Waals surface area (Å²) in [6.07, 6.45) is -0.572. The highest BCUT2D eigenvalue weighted by Crippen LogP contribution is 2.43. The van der Waals surface area contributed by atoms with Crippen LogP contribution < -0.4 is 11.2 Å². The molecule has 0 saturated carbocycles. The Kier molecular flexibility index (Phi) is 8.81. The van der Waals surface area contributed by atoms with Crippen LogP contribution in [0.15, 0.2) is 21.9 Å². The molecule has 0 aromatic carbocycles. The van der Waals surface area contributed by atoms with E-state index in [1.54, 1.807) is 0 Å². The normalized spacial score (nSPS) is 24.7. The lowest BCUT2D eigenvalue weighted by molar-refractivity contribution is -0.0509. The van der Waals surface area contributed by atoms with Crippen LogP contribution in [0.25, 0.3) is 0 Å². The highest BCUT2D eigenvalue weighted by Gasteiger charge is 2.53. The fourth-order valence-corrected chi connectivity index (χ4v) is 6.79. The van der Waals surface area contributed by atoms with Gasteiger partial charge in [0.2, 0.25) is 0 Å². The van der Waals surface area contributed by atoms with E-state index in [9.17, 15) is 9.59 Å². The number of aromatic amines is 1. The van der Waals surface area contributed by atoms with Crippen molar-refractivity contribution in [1.82, 2.24) is 9.55 Å². The maximum atomic E-state index is 12.8. The van der Waals surface area contributed by atoms with Gasteiger partial charge >= 0.3 is 5.69 Å². The van der Waals surface area contributed by atoms with Crippen molar-refractivity contribution in [3.63, 3.8) is 0 Å². The van der Waals surface area contributed by atoms with Gasteiger partial charge in [-0.2, -0.15) is 0 Å². The largest absolute Gasteiger partial charge is 0.414 e. The van der Waals surface area contributed by atoms with E-state index in [4.69, 9.17) is 18.0 Å². The zero-order chi connectivity index (χ0) is 27.2. The Bertz CT molecular complexity index is 985. The van der Waals surface area contributed by atoms with E-state index >= 15 is 0 Å². The molecule has 35 heavy (non-hydrogen) atoms. The molecule has 2 unspecified atom stereocenters. The lowest BCUT2D eigenvalue weighted by Crippen LogP contribution is -2.52. The summed E-state index contributed by atoms with van der Waals surface area (Å²) in [5.41, 5.74) is -0.970. The Morgan fingerprint density at radius 2 is 1.43 bits per heavy atom. The summed E-state index contributed by atoms with van der Waals surface area (Å²) in [5.74, 6) is 0. The van der Waals surface area contributed by atoms with Gasteiger partial charge in [-0.15, -0.1) is 0 Å². The predicted octanol–water partition coefficient (Wildman–Crippen LogP) is 5.07. The Hall–Kier alpha value is -0.829. The van der Waals surface area contributed by atoms with Gasteiger partial charge in [-0.05, 0) is 55.9 Å². The molecule has 1 N–H and O–H groups in total. The third kappa shape index (κ3) is 7.36. The van der Waals surface area contributed by atoms with Crippen molar-refractivity contribution in [1.29, 1.82) is 0 Å². The van der Waals surface area contributed by atoms with Crippen molar-refractivity contribution in [3.05, 3.63) is 33.1 Å². The minimum atomic E-state index is -2.27. The number of aromatic nitrogens is 2. The second-order valence-electron chi connectivity index (χ2n) is 13.7. The van der Waals surface area contributed by atoms with Gasteiger partial charge in [0.05, 0.1) is 6.61 Å². The molecule has 1 aliphatic heterocycles. The van der Waals surface area contributed by atoms with Crippen molar-refractivity contribution in [2.45, 2.75) is 122 Å². The monoisotopic (exact) mass is 544 g/mol. The van der Waals surface area contributed by atoms with Gasteiger partial charge < -0.3 is 18.0 Å². The maximum Gasteiger partial charge on any atom is 0.330 e. The molecule has 4 atom stereocenters. The van der Waals surface area contributed by atoms with Crippen LogP contribution in [0, 0.1) is 0 Å². The molecule has 1 saturated heterocycles. The van der Waals surface area contributed by atoms with Gasteiger partial charge in [-0.3, -0.25) is 14.3 Å². The molecule has 202 valence electrons. The summed E-state index contributed by atoms with van der Waals surface area (Å²) in [7, 11) is -6.35. The second-order valence-corrected chi connectivity index (χ2v) is 27.7. The number of nitrogens with zero attached hydrogens (tertiary/aromatic N) is 1. The molecular weight excluding hydrogens is 497 g/mol. The average molecular weight is 545 g/mol. The summed E-state index contributed by atoms with van der Waals surface area (Å²) in [5, 5.41) is -0.0000178. The van der Waals surface area contributed by atoms with Crippen molar-refractivity contribution >= 4 is 25.0 Å². The van der Waals surface area contributed by atoms with Crippen molar-refractivity contribution in [3.8, 4) is 0 Å². The number of hydrogen-bond acceptors (Lipinski definition) is 6. The number of hydrogen-bond donors (Lipinski definition) is 1. The van der Waals surface area contributed by atoms with Gasteiger partial charge in [0, 0.05) is 12.3 Å². The number of ether oxygens (including phenoxy) is 1. The zero-order valence-corrected chi connectivity index (χ0v) is 27.1. The van der Waals surface area contributed by atoms with E-state index in [1.807, 2.05) is 0 Å². The molecule has 11 heteroatoms. The average Bonchev–Trinajstić information content (AvgIpc) is 2.93.